The molecule has 0 unspecified atom stereocenters. The Morgan fingerprint density at radius 2 is 1.95 bits per heavy atom. The molecule has 21 heavy (non-hydrogen) atoms. The molecule has 1 N–H and O–H groups in total. The first-order chi connectivity index (χ1) is 10.2. The van der Waals surface area contributed by atoms with Gasteiger partial charge < -0.3 is 14.4 Å². The van der Waals surface area contributed by atoms with Crippen molar-refractivity contribution in [1.29, 1.82) is 0 Å². The number of aryl methyl sites for hydroxylation is 1. The van der Waals surface area contributed by atoms with Crippen LogP contribution in [0, 0.1) is 6.92 Å². The third-order valence-corrected chi connectivity index (χ3v) is 3.13. The fourth-order valence-electron chi connectivity index (χ4n) is 2.07. The quantitative estimate of drug-likeness (QED) is 0.797. The third-order valence-electron chi connectivity index (χ3n) is 3.13. The summed E-state index contributed by atoms with van der Waals surface area (Å²) in [5.74, 6) is 1.30. The first-order valence-electron chi connectivity index (χ1n) is 6.45. The van der Waals surface area contributed by atoms with Crippen molar-refractivity contribution >= 4 is 0 Å². The van der Waals surface area contributed by atoms with Gasteiger partial charge >= 0.3 is 0 Å². The highest BCUT2D eigenvalue weighted by Gasteiger charge is 2.12. The Labute approximate surface area is 121 Å². The van der Waals surface area contributed by atoms with E-state index in [1.54, 1.807) is 12.1 Å². The second-order valence-electron chi connectivity index (χ2n) is 4.68. The maximum absolute atomic E-state index is 9.80. The number of hydrogen-bond donors (Lipinski definition) is 1. The molecule has 5 heteroatoms. The maximum Gasteiger partial charge on any atom is 0.258 e. The first-order valence-corrected chi connectivity index (χ1v) is 6.45. The lowest BCUT2D eigenvalue weighted by atomic mass is 10.1. The smallest absolute Gasteiger partial charge is 0.258 e. The number of aromatic nitrogens is 2. The molecule has 2 aromatic carbocycles. The zero-order valence-electron chi connectivity index (χ0n) is 11.7. The SMILES string of the molecule is COc1ccc(-c2nc(-c3cccc(C)c3)no2)cc1O. The summed E-state index contributed by atoms with van der Waals surface area (Å²) in [7, 11) is 1.50. The van der Waals surface area contributed by atoms with Crippen molar-refractivity contribution in [2.45, 2.75) is 6.92 Å². The van der Waals surface area contributed by atoms with Crippen LogP contribution in [0.5, 0.6) is 11.5 Å². The molecule has 0 spiro atoms. The summed E-state index contributed by atoms with van der Waals surface area (Å²) in [6.07, 6.45) is 0. The van der Waals surface area contributed by atoms with E-state index in [2.05, 4.69) is 10.1 Å². The van der Waals surface area contributed by atoms with Crippen molar-refractivity contribution in [1.82, 2.24) is 10.1 Å². The van der Waals surface area contributed by atoms with Gasteiger partial charge in [-0.15, -0.1) is 0 Å². The highest BCUT2D eigenvalue weighted by Crippen LogP contribution is 2.31. The van der Waals surface area contributed by atoms with Gasteiger partial charge in [-0.3, -0.25) is 0 Å². The molecule has 0 radical (unpaired) electrons. The summed E-state index contributed by atoms with van der Waals surface area (Å²) in [6, 6.07) is 12.8. The lowest BCUT2D eigenvalue weighted by molar-refractivity contribution is 0.373. The Hall–Kier alpha value is -2.82. The minimum absolute atomic E-state index is 0.0327. The molecule has 0 fully saturated rings. The van der Waals surface area contributed by atoms with Gasteiger partial charge in [0, 0.05) is 11.1 Å². The highest BCUT2D eigenvalue weighted by molar-refractivity contribution is 5.63. The summed E-state index contributed by atoms with van der Waals surface area (Å²) in [4.78, 5) is 4.36. The molecule has 1 heterocycles. The average molecular weight is 282 g/mol. The molecule has 0 bridgehead atoms. The number of rotatable bonds is 3. The Morgan fingerprint density at radius 1 is 1.10 bits per heavy atom. The van der Waals surface area contributed by atoms with E-state index in [0.29, 0.717) is 23.0 Å². The van der Waals surface area contributed by atoms with E-state index in [9.17, 15) is 5.11 Å². The van der Waals surface area contributed by atoms with Crippen molar-refractivity contribution in [3.05, 3.63) is 48.0 Å². The van der Waals surface area contributed by atoms with Crippen LogP contribution in [0.3, 0.4) is 0 Å². The number of phenolic OH excluding ortho intramolecular Hbond substituents is 1. The van der Waals surface area contributed by atoms with E-state index in [4.69, 9.17) is 9.26 Å². The fourth-order valence-corrected chi connectivity index (χ4v) is 2.07. The zero-order chi connectivity index (χ0) is 14.8. The van der Waals surface area contributed by atoms with Gasteiger partial charge in [0.15, 0.2) is 11.5 Å². The summed E-state index contributed by atoms with van der Waals surface area (Å²) in [6.45, 7) is 2.01. The monoisotopic (exact) mass is 282 g/mol. The lowest BCUT2D eigenvalue weighted by Gasteiger charge is -2.03. The van der Waals surface area contributed by atoms with E-state index in [1.165, 1.54) is 13.2 Å². The Kier molecular flexibility index (Phi) is 3.31. The predicted octanol–water partition coefficient (Wildman–Crippen LogP) is 3.43. The Balaban J connectivity index is 1.96. The molecule has 0 amide bonds. The molecule has 3 rings (SSSR count). The molecule has 3 aromatic rings. The summed E-state index contributed by atoms with van der Waals surface area (Å²) in [5.41, 5.74) is 2.66. The largest absolute Gasteiger partial charge is 0.504 e. The maximum atomic E-state index is 9.80. The highest BCUT2D eigenvalue weighted by atomic mass is 16.5. The number of hydrogen-bond acceptors (Lipinski definition) is 5. The topological polar surface area (TPSA) is 68.4 Å². The molecule has 0 atom stereocenters. The van der Waals surface area contributed by atoms with E-state index in [-0.39, 0.29) is 5.75 Å². The van der Waals surface area contributed by atoms with Gasteiger partial charge in [0.2, 0.25) is 5.82 Å². The number of methoxy groups -OCH3 is 1. The van der Waals surface area contributed by atoms with Gasteiger partial charge in [-0.1, -0.05) is 28.9 Å². The van der Waals surface area contributed by atoms with Gasteiger partial charge in [-0.25, -0.2) is 0 Å². The second kappa shape index (κ2) is 5.28. The second-order valence-corrected chi connectivity index (χ2v) is 4.68. The number of phenols is 1. The first kappa shape index (κ1) is 13.2. The minimum atomic E-state index is 0.0327. The molecule has 0 aliphatic rings. The van der Waals surface area contributed by atoms with Crippen LogP contribution in [0.1, 0.15) is 5.56 Å². The van der Waals surface area contributed by atoms with Gasteiger partial charge in [0.1, 0.15) is 0 Å². The lowest BCUT2D eigenvalue weighted by Crippen LogP contribution is -1.85. The number of ether oxygens (including phenoxy) is 1. The standard InChI is InChI=1S/C16H14N2O3/c1-10-4-3-5-11(8-10)15-17-16(21-18-15)12-6-7-14(20-2)13(19)9-12/h3-9,19H,1-2H3. The average Bonchev–Trinajstić information content (AvgIpc) is 2.97. The molecular formula is C16H14N2O3. The van der Waals surface area contributed by atoms with Crippen LogP contribution in [-0.2, 0) is 0 Å². The van der Waals surface area contributed by atoms with Gasteiger partial charge in [-0.2, -0.15) is 4.98 Å². The molecule has 0 aliphatic carbocycles. The Morgan fingerprint density at radius 3 is 2.67 bits per heavy atom. The molecule has 0 aliphatic heterocycles. The number of aromatic hydroxyl groups is 1. The van der Waals surface area contributed by atoms with Gasteiger partial charge in [0.05, 0.1) is 7.11 Å². The summed E-state index contributed by atoms with van der Waals surface area (Å²) < 4.78 is 10.3. The molecule has 106 valence electrons. The van der Waals surface area contributed by atoms with E-state index in [1.807, 2.05) is 31.2 Å². The van der Waals surface area contributed by atoms with Crippen molar-refractivity contribution < 1.29 is 14.4 Å². The van der Waals surface area contributed by atoms with Crippen LogP contribution in [0.15, 0.2) is 47.0 Å². The molecule has 5 nitrogen and oxygen atoms in total. The third kappa shape index (κ3) is 2.58. The van der Waals surface area contributed by atoms with Crippen LogP contribution in [0.2, 0.25) is 0 Å². The zero-order valence-corrected chi connectivity index (χ0v) is 11.7. The van der Waals surface area contributed by atoms with Crippen LogP contribution >= 0.6 is 0 Å². The van der Waals surface area contributed by atoms with Crippen molar-refractivity contribution in [3.63, 3.8) is 0 Å². The van der Waals surface area contributed by atoms with Crippen molar-refractivity contribution in [3.8, 4) is 34.3 Å². The molecule has 1 aromatic heterocycles. The van der Waals surface area contributed by atoms with E-state index >= 15 is 0 Å². The van der Waals surface area contributed by atoms with E-state index < -0.39 is 0 Å². The van der Waals surface area contributed by atoms with Gasteiger partial charge in [-0.05, 0) is 31.2 Å². The van der Waals surface area contributed by atoms with Gasteiger partial charge in [0.25, 0.3) is 5.89 Å². The summed E-state index contributed by atoms with van der Waals surface area (Å²) in [5, 5.41) is 13.8. The molecule has 0 saturated heterocycles. The van der Waals surface area contributed by atoms with Crippen LogP contribution in [-0.4, -0.2) is 22.4 Å². The minimum Gasteiger partial charge on any atom is -0.504 e. The van der Waals surface area contributed by atoms with Crippen LogP contribution in [0.25, 0.3) is 22.8 Å². The summed E-state index contributed by atoms with van der Waals surface area (Å²) >= 11 is 0. The number of benzene rings is 2. The molecule has 0 saturated carbocycles. The normalized spacial score (nSPS) is 10.6. The van der Waals surface area contributed by atoms with Crippen LogP contribution < -0.4 is 4.74 Å². The predicted molar refractivity (Wildman–Crippen MR) is 78.1 cm³/mol. The molecular weight excluding hydrogens is 268 g/mol. The van der Waals surface area contributed by atoms with Crippen molar-refractivity contribution in [2.75, 3.05) is 7.11 Å². The Bertz CT molecular complexity index is 781. The van der Waals surface area contributed by atoms with Crippen molar-refractivity contribution in [2.24, 2.45) is 0 Å². The fraction of sp³-hybridized carbons (Fsp3) is 0.125. The van der Waals surface area contributed by atoms with E-state index in [0.717, 1.165) is 11.1 Å². The van der Waals surface area contributed by atoms with Crippen LogP contribution in [0.4, 0.5) is 0 Å². The number of nitrogens with zero attached hydrogens (tertiary/aromatic N) is 2.